The molecule has 0 bridgehead atoms. The molecule has 0 amide bonds. The second-order valence-corrected chi connectivity index (χ2v) is 6.40. The Morgan fingerprint density at radius 3 is 2.67 bits per heavy atom. The second kappa shape index (κ2) is 6.73. The number of aromatic nitrogens is 4. The molecule has 3 rings (SSSR count). The first kappa shape index (κ1) is 16.6. The Hall–Kier alpha value is -2.21. The summed E-state index contributed by atoms with van der Waals surface area (Å²) in [6.07, 6.45) is 3.91. The first-order chi connectivity index (χ1) is 11.5. The average molecular weight is 329 g/mol. The SMILES string of the molecule is CCn1c(CN(Cc2cnn(C)c2)C(C)C)nc2c(F)cccc21. The van der Waals surface area contributed by atoms with E-state index in [1.165, 1.54) is 6.07 Å². The zero-order valence-electron chi connectivity index (χ0n) is 14.7. The number of hydrogen-bond donors (Lipinski definition) is 0. The Bertz CT molecular complexity index is 833. The molecule has 0 atom stereocenters. The van der Waals surface area contributed by atoms with Crippen LogP contribution in [0.5, 0.6) is 0 Å². The minimum absolute atomic E-state index is 0.260. The number of nitrogens with zero attached hydrogens (tertiary/aromatic N) is 5. The molecule has 24 heavy (non-hydrogen) atoms. The normalized spacial score (nSPS) is 12.0. The van der Waals surface area contributed by atoms with Crippen LogP contribution in [0.1, 0.15) is 32.2 Å². The Kier molecular flexibility index (Phi) is 4.66. The summed E-state index contributed by atoms with van der Waals surface area (Å²) in [6, 6.07) is 5.49. The summed E-state index contributed by atoms with van der Waals surface area (Å²) in [5.41, 5.74) is 2.48. The van der Waals surface area contributed by atoms with Crippen molar-refractivity contribution < 1.29 is 4.39 Å². The molecule has 0 unspecified atom stereocenters. The molecule has 0 aliphatic heterocycles. The van der Waals surface area contributed by atoms with Gasteiger partial charge in [-0.05, 0) is 32.9 Å². The highest BCUT2D eigenvalue weighted by Gasteiger charge is 2.18. The molecule has 128 valence electrons. The fourth-order valence-electron chi connectivity index (χ4n) is 3.03. The van der Waals surface area contributed by atoms with E-state index in [0.29, 0.717) is 18.1 Å². The van der Waals surface area contributed by atoms with E-state index in [1.54, 1.807) is 6.07 Å². The molecule has 0 saturated heterocycles. The third-order valence-electron chi connectivity index (χ3n) is 4.34. The van der Waals surface area contributed by atoms with Crippen molar-refractivity contribution in [2.24, 2.45) is 7.05 Å². The van der Waals surface area contributed by atoms with Gasteiger partial charge in [-0.15, -0.1) is 0 Å². The predicted octanol–water partition coefficient (Wildman–Crippen LogP) is 3.34. The Balaban J connectivity index is 1.92. The maximum absolute atomic E-state index is 14.1. The van der Waals surface area contributed by atoms with Crippen LogP contribution in [0.4, 0.5) is 4.39 Å². The summed E-state index contributed by atoms with van der Waals surface area (Å²) >= 11 is 0. The van der Waals surface area contributed by atoms with Crippen LogP contribution in [0, 0.1) is 5.82 Å². The molecule has 2 aromatic heterocycles. The molecule has 2 heterocycles. The molecule has 0 aliphatic carbocycles. The van der Waals surface area contributed by atoms with Crippen molar-refractivity contribution in [3.63, 3.8) is 0 Å². The topological polar surface area (TPSA) is 38.9 Å². The number of rotatable bonds is 6. The molecule has 1 aromatic carbocycles. The molecule has 0 N–H and O–H groups in total. The fraction of sp³-hybridized carbons (Fsp3) is 0.444. The molecule has 0 fully saturated rings. The van der Waals surface area contributed by atoms with Gasteiger partial charge in [-0.2, -0.15) is 5.10 Å². The Morgan fingerprint density at radius 2 is 2.04 bits per heavy atom. The van der Waals surface area contributed by atoms with E-state index in [-0.39, 0.29) is 5.82 Å². The maximum Gasteiger partial charge on any atom is 0.151 e. The molecule has 0 saturated carbocycles. The van der Waals surface area contributed by atoms with E-state index in [0.717, 1.165) is 30.0 Å². The van der Waals surface area contributed by atoms with E-state index in [2.05, 4.69) is 40.3 Å². The summed E-state index contributed by atoms with van der Waals surface area (Å²) in [6.45, 7) is 8.63. The summed E-state index contributed by atoms with van der Waals surface area (Å²) < 4.78 is 18.0. The van der Waals surface area contributed by atoms with Crippen molar-refractivity contribution >= 4 is 11.0 Å². The van der Waals surface area contributed by atoms with Gasteiger partial charge in [-0.1, -0.05) is 6.07 Å². The summed E-state index contributed by atoms with van der Waals surface area (Å²) in [5, 5.41) is 4.24. The molecule has 0 aliphatic rings. The second-order valence-electron chi connectivity index (χ2n) is 6.40. The Morgan fingerprint density at radius 1 is 1.25 bits per heavy atom. The summed E-state index contributed by atoms with van der Waals surface area (Å²) in [5.74, 6) is 0.638. The fourth-order valence-corrected chi connectivity index (χ4v) is 3.03. The zero-order valence-corrected chi connectivity index (χ0v) is 14.7. The van der Waals surface area contributed by atoms with Crippen LogP contribution in [0.25, 0.3) is 11.0 Å². The minimum atomic E-state index is -0.260. The lowest BCUT2D eigenvalue weighted by Gasteiger charge is -2.25. The monoisotopic (exact) mass is 329 g/mol. The van der Waals surface area contributed by atoms with Crippen molar-refractivity contribution in [3.8, 4) is 0 Å². The minimum Gasteiger partial charge on any atom is -0.327 e. The highest BCUT2D eigenvalue weighted by molar-refractivity contribution is 5.76. The van der Waals surface area contributed by atoms with Crippen LogP contribution >= 0.6 is 0 Å². The molecular formula is C18H24FN5. The number of halogens is 1. The number of imidazole rings is 1. The first-order valence-corrected chi connectivity index (χ1v) is 8.34. The smallest absolute Gasteiger partial charge is 0.151 e. The van der Waals surface area contributed by atoms with Crippen LogP contribution in [0.2, 0.25) is 0 Å². The van der Waals surface area contributed by atoms with Crippen LogP contribution < -0.4 is 0 Å². The van der Waals surface area contributed by atoms with Crippen LogP contribution in [0.15, 0.2) is 30.6 Å². The van der Waals surface area contributed by atoms with E-state index in [9.17, 15) is 4.39 Å². The quantitative estimate of drug-likeness (QED) is 0.696. The maximum atomic E-state index is 14.1. The number of benzene rings is 1. The van der Waals surface area contributed by atoms with Crippen molar-refractivity contribution in [1.82, 2.24) is 24.2 Å². The number of fused-ring (bicyclic) bond motifs is 1. The van der Waals surface area contributed by atoms with Gasteiger partial charge in [0.1, 0.15) is 11.3 Å². The van der Waals surface area contributed by atoms with Gasteiger partial charge in [-0.25, -0.2) is 9.37 Å². The standard InChI is InChI=1S/C18H24FN5/c1-5-24-16-8-6-7-15(19)18(16)21-17(24)12-23(13(2)3)11-14-9-20-22(4)10-14/h6-10,13H,5,11-12H2,1-4H3. The lowest BCUT2D eigenvalue weighted by Crippen LogP contribution is -2.31. The van der Waals surface area contributed by atoms with E-state index >= 15 is 0 Å². The number of para-hydroxylation sites is 1. The van der Waals surface area contributed by atoms with Crippen molar-refractivity contribution in [2.75, 3.05) is 0 Å². The van der Waals surface area contributed by atoms with Gasteiger partial charge in [0.05, 0.1) is 18.3 Å². The van der Waals surface area contributed by atoms with Crippen LogP contribution in [0.3, 0.4) is 0 Å². The van der Waals surface area contributed by atoms with Crippen LogP contribution in [-0.2, 0) is 26.7 Å². The number of aryl methyl sites for hydroxylation is 2. The van der Waals surface area contributed by atoms with Crippen molar-refractivity contribution in [1.29, 1.82) is 0 Å². The molecule has 3 aromatic rings. The average Bonchev–Trinajstić information content (AvgIpc) is 3.10. The Labute approximate surface area is 141 Å². The molecule has 0 radical (unpaired) electrons. The third-order valence-corrected chi connectivity index (χ3v) is 4.34. The summed E-state index contributed by atoms with van der Waals surface area (Å²) in [7, 11) is 1.92. The van der Waals surface area contributed by atoms with Gasteiger partial charge in [-0.3, -0.25) is 9.58 Å². The molecule has 0 spiro atoms. The van der Waals surface area contributed by atoms with E-state index in [1.807, 2.05) is 30.2 Å². The molecule has 5 nitrogen and oxygen atoms in total. The van der Waals surface area contributed by atoms with Crippen molar-refractivity contribution in [3.05, 3.63) is 47.8 Å². The van der Waals surface area contributed by atoms with Gasteiger partial charge < -0.3 is 4.57 Å². The van der Waals surface area contributed by atoms with Crippen molar-refractivity contribution in [2.45, 2.75) is 46.4 Å². The lowest BCUT2D eigenvalue weighted by atomic mass is 10.2. The molecular weight excluding hydrogens is 305 g/mol. The summed E-state index contributed by atoms with van der Waals surface area (Å²) in [4.78, 5) is 6.90. The van der Waals surface area contributed by atoms with E-state index < -0.39 is 0 Å². The predicted molar refractivity (Wildman–Crippen MR) is 93.0 cm³/mol. The van der Waals surface area contributed by atoms with E-state index in [4.69, 9.17) is 0 Å². The van der Waals surface area contributed by atoms with Crippen LogP contribution in [-0.4, -0.2) is 30.3 Å². The van der Waals surface area contributed by atoms with Gasteiger partial charge in [0.25, 0.3) is 0 Å². The third kappa shape index (κ3) is 3.19. The van der Waals surface area contributed by atoms with Gasteiger partial charge in [0.15, 0.2) is 5.82 Å². The highest BCUT2D eigenvalue weighted by atomic mass is 19.1. The molecule has 6 heteroatoms. The van der Waals surface area contributed by atoms with Gasteiger partial charge in [0.2, 0.25) is 0 Å². The lowest BCUT2D eigenvalue weighted by molar-refractivity contribution is 0.196. The van der Waals surface area contributed by atoms with Gasteiger partial charge >= 0.3 is 0 Å². The largest absolute Gasteiger partial charge is 0.327 e. The first-order valence-electron chi connectivity index (χ1n) is 8.34. The zero-order chi connectivity index (χ0) is 17.3. The number of hydrogen-bond acceptors (Lipinski definition) is 3. The highest BCUT2D eigenvalue weighted by Crippen LogP contribution is 2.21. The van der Waals surface area contributed by atoms with Gasteiger partial charge in [0, 0.05) is 37.9 Å².